The van der Waals surface area contributed by atoms with Gasteiger partial charge in [-0.25, -0.2) is 9.97 Å². The monoisotopic (exact) mass is 333 g/mol. The largest absolute Gasteiger partial charge is 0.346 e. The summed E-state index contributed by atoms with van der Waals surface area (Å²) in [5.41, 5.74) is 4.53. The second kappa shape index (κ2) is 7.53. The summed E-state index contributed by atoms with van der Waals surface area (Å²) >= 11 is 0. The first-order valence-corrected chi connectivity index (χ1v) is 7.96. The molecular weight excluding hydrogens is 314 g/mol. The van der Waals surface area contributed by atoms with Crippen molar-refractivity contribution in [2.75, 3.05) is 5.32 Å². The van der Waals surface area contributed by atoms with Crippen LogP contribution in [-0.2, 0) is 6.54 Å². The van der Waals surface area contributed by atoms with E-state index in [2.05, 4.69) is 39.4 Å². The lowest BCUT2D eigenvalue weighted by molar-refractivity contribution is 0.0949. The molecule has 2 aromatic heterocycles. The minimum absolute atomic E-state index is 0.233. The van der Waals surface area contributed by atoms with E-state index in [0.29, 0.717) is 18.1 Å². The first-order chi connectivity index (χ1) is 12.1. The molecule has 0 bridgehead atoms. The van der Waals surface area contributed by atoms with E-state index in [0.717, 1.165) is 11.4 Å². The van der Waals surface area contributed by atoms with E-state index in [-0.39, 0.29) is 5.91 Å². The average Bonchev–Trinajstić information content (AvgIpc) is 2.64. The molecule has 0 atom stereocenters. The van der Waals surface area contributed by atoms with E-state index in [1.54, 1.807) is 6.20 Å². The minimum atomic E-state index is -0.233. The Bertz CT molecular complexity index is 863. The van der Waals surface area contributed by atoms with Crippen LogP contribution < -0.4 is 10.6 Å². The van der Waals surface area contributed by atoms with Crippen LogP contribution in [0.3, 0.4) is 0 Å². The summed E-state index contributed by atoms with van der Waals surface area (Å²) in [5, 5.41) is 5.93. The van der Waals surface area contributed by atoms with Crippen LogP contribution >= 0.6 is 0 Å². The fourth-order valence-corrected chi connectivity index (χ4v) is 2.23. The van der Waals surface area contributed by atoms with Crippen LogP contribution in [0.1, 0.15) is 27.2 Å². The van der Waals surface area contributed by atoms with Crippen LogP contribution in [-0.4, -0.2) is 20.9 Å². The Morgan fingerprint density at radius 3 is 2.48 bits per heavy atom. The zero-order valence-electron chi connectivity index (χ0n) is 14.2. The summed E-state index contributed by atoms with van der Waals surface area (Å²) in [6.45, 7) is 4.48. The number of anilines is 2. The number of hydrogen-bond acceptors (Lipinski definition) is 5. The van der Waals surface area contributed by atoms with Crippen LogP contribution in [0.15, 0.2) is 55.0 Å². The number of hydrogen-bond donors (Lipinski definition) is 2. The number of aryl methyl sites for hydroxylation is 2. The maximum absolute atomic E-state index is 12.1. The molecular formula is C19H19N5O. The third-order valence-corrected chi connectivity index (χ3v) is 3.83. The van der Waals surface area contributed by atoms with Crippen molar-refractivity contribution < 1.29 is 4.79 Å². The third kappa shape index (κ3) is 4.38. The fourth-order valence-electron chi connectivity index (χ4n) is 2.23. The van der Waals surface area contributed by atoms with Crippen molar-refractivity contribution in [3.05, 3.63) is 77.4 Å². The molecule has 1 amide bonds. The SMILES string of the molecule is Cc1ccc(Nc2ncc(C(=O)NCc3ccccn3)cn2)cc1C. The molecule has 6 heteroatoms. The summed E-state index contributed by atoms with van der Waals surface area (Å²) < 4.78 is 0. The van der Waals surface area contributed by atoms with Crippen LogP contribution in [0, 0.1) is 13.8 Å². The van der Waals surface area contributed by atoms with Gasteiger partial charge in [-0.3, -0.25) is 9.78 Å². The molecule has 3 aromatic rings. The first-order valence-electron chi connectivity index (χ1n) is 7.96. The molecule has 0 radical (unpaired) electrons. The van der Waals surface area contributed by atoms with Crippen molar-refractivity contribution in [3.8, 4) is 0 Å². The molecule has 0 saturated heterocycles. The fraction of sp³-hybridized carbons (Fsp3) is 0.158. The predicted molar refractivity (Wildman–Crippen MR) is 96.6 cm³/mol. The molecule has 0 aliphatic heterocycles. The summed E-state index contributed by atoms with van der Waals surface area (Å²) in [6, 6.07) is 11.6. The normalized spacial score (nSPS) is 10.3. The van der Waals surface area contributed by atoms with Gasteiger partial charge in [-0.05, 0) is 49.2 Å². The molecule has 3 rings (SSSR count). The van der Waals surface area contributed by atoms with Crippen molar-refractivity contribution in [1.29, 1.82) is 0 Å². The molecule has 0 aliphatic carbocycles. The number of rotatable bonds is 5. The summed E-state index contributed by atoms with van der Waals surface area (Å²) in [4.78, 5) is 24.7. The molecule has 2 heterocycles. The smallest absolute Gasteiger partial charge is 0.254 e. The standard InChI is InChI=1S/C19H19N5O/c1-13-6-7-16(9-14(13)2)24-19-22-10-15(11-23-19)18(25)21-12-17-5-3-4-8-20-17/h3-11H,12H2,1-2H3,(H,21,25)(H,22,23,24). The zero-order valence-corrected chi connectivity index (χ0v) is 14.2. The molecule has 0 saturated carbocycles. The van der Waals surface area contributed by atoms with Crippen LogP contribution in [0.4, 0.5) is 11.6 Å². The lowest BCUT2D eigenvalue weighted by Gasteiger charge is -2.08. The average molecular weight is 333 g/mol. The number of carbonyl (C=O) groups is 1. The molecule has 0 aliphatic rings. The van der Waals surface area contributed by atoms with E-state index in [1.165, 1.54) is 23.5 Å². The predicted octanol–water partition coefficient (Wildman–Crippen LogP) is 3.16. The highest BCUT2D eigenvalue weighted by atomic mass is 16.1. The Kier molecular flexibility index (Phi) is 4.99. The molecule has 0 spiro atoms. The van der Waals surface area contributed by atoms with Gasteiger partial charge in [0.25, 0.3) is 5.91 Å². The van der Waals surface area contributed by atoms with Gasteiger partial charge in [0.15, 0.2) is 0 Å². The maximum atomic E-state index is 12.1. The molecule has 25 heavy (non-hydrogen) atoms. The van der Waals surface area contributed by atoms with Gasteiger partial charge >= 0.3 is 0 Å². The van der Waals surface area contributed by atoms with Crippen molar-refractivity contribution in [1.82, 2.24) is 20.3 Å². The lowest BCUT2D eigenvalue weighted by atomic mass is 10.1. The second-order valence-corrected chi connectivity index (χ2v) is 5.72. The highest BCUT2D eigenvalue weighted by molar-refractivity contribution is 5.93. The number of nitrogens with zero attached hydrogens (tertiary/aromatic N) is 3. The van der Waals surface area contributed by atoms with Gasteiger partial charge in [0, 0.05) is 24.3 Å². The third-order valence-electron chi connectivity index (χ3n) is 3.83. The molecule has 0 fully saturated rings. The molecule has 6 nitrogen and oxygen atoms in total. The lowest BCUT2D eigenvalue weighted by Crippen LogP contribution is -2.23. The van der Waals surface area contributed by atoms with E-state index >= 15 is 0 Å². The van der Waals surface area contributed by atoms with E-state index in [4.69, 9.17) is 0 Å². The minimum Gasteiger partial charge on any atom is -0.346 e. The summed E-state index contributed by atoms with van der Waals surface area (Å²) in [7, 11) is 0. The molecule has 2 N–H and O–H groups in total. The van der Waals surface area contributed by atoms with Crippen LogP contribution in [0.5, 0.6) is 0 Å². The quantitative estimate of drug-likeness (QED) is 0.750. The highest BCUT2D eigenvalue weighted by Crippen LogP contribution is 2.17. The van der Waals surface area contributed by atoms with Gasteiger partial charge in [-0.1, -0.05) is 12.1 Å². The Morgan fingerprint density at radius 1 is 1.00 bits per heavy atom. The van der Waals surface area contributed by atoms with Gasteiger partial charge in [0.05, 0.1) is 17.8 Å². The van der Waals surface area contributed by atoms with Crippen LogP contribution in [0.25, 0.3) is 0 Å². The summed E-state index contributed by atoms with van der Waals surface area (Å²) in [6.07, 6.45) is 4.70. The Hall–Kier alpha value is -3.28. The summed E-state index contributed by atoms with van der Waals surface area (Å²) in [5.74, 6) is 0.216. The van der Waals surface area contributed by atoms with Gasteiger partial charge in [0.1, 0.15) is 0 Å². The Morgan fingerprint density at radius 2 is 1.80 bits per heavy atom. The Balaban J connectivity index is 1.61. The van der Waals surface area contributed by atoms with Gasteiger partial charge in [-0.15, -0.1) is 0 Å². The Labute approximate surface area is 146 Å². The van der Waals surface area contributed by atoms with E-state index in [1.807, 2.05) is 36.4 Å². The number of nitrogens with one attached hydrogen (secondary N) is 2. The molecule has 0 unspecified atom stereocenters. The molecule has 1 aromatic carbocycles. The van der Waals surface area contributed by atoms with Crippen molar-refractivity contribution in [3.63, 3.8) is 0 Å². The van der Waals surface area contributed by atoms with Crippen LogP contribution in [0.2, 0.25) is 0 Å². The van der Waals surface area contributed by atoms with E-state index in [9.17, 15) is 4.79 Å². The van der Waals surface area contributed by atoms with Crippen molar-refractivity contribution >= 4 is 17.5 Å². The van der Waals surface area contributed by atoms with Gasteiger partial charge in [-0.2, -0.15) is 0 Å². The topological polar surface area (TPSA) is 79.8 Å². The van der Waals surface area contributed by atoms with Crippen molar-refractivity contribution in [2.45, 2.75) is 20.4 Å². The number of aromatic nitrogens is 3. The number of pyridine rings is 1. The first kappa shape index (κ1) is 16.6. The number of benzene rings is 1. The van der Waals surface area contributed by atoms with Gasteiger partial charge < -0.3 is 10.6 Å². The zero-order chi connectivity index (χ0) is 17.6. The van der Waals surface area contributed by atoms with E-state index < -0.39 is 0 Å². The van der Waals surface area contributed by atoms with Gasteiger partial charge in [0.2, 0.25) is 5.95 Å². The second-order valence-electron chi connectivity index (χ2n) is 5.72. The van der Waals surface area contributed by atoms with Crippen molar-refractivity contribution in [2.24, 2.45) is 0 Å². The maximum Gasteiger partial charge on any atom is 0.254 e. The molecule has 126 valence electrons. The number of carbonyl (C=O) groups excluding carboxylic acids is 1. The highest BCUT2D eigenvalue weighted by Gasteiger charge is 2.07. The number of amides is 1.